The molecule has 1 N–H and O–H groups in total. The second-order valence-corrected chi connectivity index (χ2v) is 6.37. The molecule has 1 amide bonds. The van der Waals surface area contributed by atoms with Gasteiger partial charge in [0, 0.05) is 5.69 Å². The first-order valence-electron chi connectivity index (χ1n) is 8.51. The largest absolute Gasteiger partial charge is 0.484 e. The fourth-order valence-electron chi connectivity index (χ4n) is 2.52. The highest BCUT2D eigenvalue weighted by Gasteiger charge is 2.12. The predicted octanol–water partition coefficient (Wildman–Crippen LogP) is 3.25. The second-order valence-electron chi connectivity index (χ2n) is 6.37. The Labute approximate surface area is 156 Å². The molecule has 140 valence electrons. The van der Waals surface area contributed by atoms with Gasteiger partial charge in [0.25, 0.3) is 5.91 Å². The minimum atomic E-state index is -0.495. The molecule has 27 heavy (non-hydrogen) atoms. The summed E-state index contributed by atoms with van der Waals surface area (Å²) >= 11 is 0. The first-order valence-corrected chi connectivity index (χ1v) is 8.51. The lowest BCUT2D eigenvalue weighted by Gasteiger charge is -2.11. The van der Waals surface area contributed by atoms with E-state index >= 15 is 0 Å². The Morgan fingerprint density at radius 3 is 2.78 bits per heavy atom. The van der Waals surface area contributed by atoms with Crippen molar-refractivity contribution in [1.29, 1.82) is 0 Å². The molecule has 8 heteroatoms. The number of hydrogen-bond acceptors (Lipinski definition) is 5. The number of rotatable bonds is 6. The zero-order chi connectivity index (χ0) is 19.4. The number of tetrazole rings is 1. The van der Waals surface area contributed by atoms with Crippen molar-refractivity contribution in [2.45, 2.75) is 26.7 Å². The second kappa shape index (κ2) is 7.94. The molecule has 0 aliphatic rings. The first-order chi connectivity index (χ1) is 12.9. The fraction of sp³-hybridized carbons (Fsp3) is 0.263. The molecule has 3 rings (SSSR count). The summed E-state index contributed by atoms with van der Waals surface area (Å²) in [5, 5.41) is 13.7. The van der Waals surface area contributed by atoms with Crippen molar-refractivity contribution in [3.05, 3.63) is 59.7 Å². The zero-order valence-corrected chi connectivity index (χ0v) is 15.3. The van der Waals surface area contributed by atoms with Crippen LogP contribution in [0.5, 0.6) is 5.75 Å². The molecule has 2 aromatic carbocycles. The maximum absolute atomic E-state index is 14.1. The summed E-state index contributed by atoms with van der Waals surface area (Å²) in [6.07, 6.45) is 0. The molecule has 1 aromatic heterocycles. The van der Waals surface area contributed by atoms with E-state index in [0.717, 1.165) is 5.56 Å². The van der Waals surface area contributed by atoms with Gasteiger partial charge in [0.05, 0.1) is 0 Å². The molecule has 7 nitrogen and oxygen atoms in total. The number of hydrogen-bond donors (Lipinski definition) is 1. The van der Waals surface area contributed by atoms with E-state index in [-0.39, 0.29) is 18.2 Å². The third-order valence-corrected chi connectivity index (χ3v) is 3.98. The molecule has 3 aromatic rings. The minimum Gasteiger partial charge on any atom is -0.484 e. The van der Waals surface area contributed by atoms with E-state index in [1.165, 1.54) is 22.9 Å². The highest BCUT2D eigenvalue weighted by molar-refractivity contribution is 5.92. The Morgan fingerprint density at radius 1 is 1.26 bits per heavy atom. The SMILES string of the molecule is Cc1nnnn1-c1cc(NC(=O)COc2cccc(C(C)C)c2)ccc1F. The first kappa shape index (κ1) is 18.5. The molecule has 0 aliphatic heterocycles. The van der Waals surface area contributed by atoms with Crippen LogP contribution in [-0.4, -0.2) is 32.7 Å². The normalized spacial score (nSPS) is 10.9. The molecule has 0 spiro atoms. The van der Waals surface area contributed by atoms with Gasteiger partial charge in [-0.05, 0) is 59.2 Å². The molecule has 0 radical (unpaired) electrons. The molecule has 0 fully saturated rings. The number of nitrogens with zero attached hydrogens (tertiary/aromatic N) is 4. The number of carbonyl (C=O) groups is 1. The van der Waals surface area contributed by atoms with Crippen LogP contribution in [0.15, 0.2) is 42.5 Å². The Morgan fingerprint density at radius 2 is 2.07 bits per heavy atom. The van der Waals surface area contributed by atoms with Crippen LogP contribution >= 0.6 is 0 Å². The molecule has 0 aliphatic carbocycles. The van der Waals surface area contributed by atoms with Crippen LogP contribution in [0.25, 0.3) is 5.69 Å². The number of ether oxygens (including phenoxy) is 1. The molecule has 0 unspecified atom stereocenters. The summed E-state index contributed by atoms with van der Waals surface area (Å²) in [7, 11) is 0. The molecule has 0 atom stereocenters. The van der Waals surface area contributed by atoms with Crippen molar-refractivity contribution in [3.8, 4) is 11.4 Å². The minimum absolute atomic E-state index is 0.154. The third kappa shape index (κ3) is 4.46. The van der Waals surface area contributed by atoms with Gasteiger partial charge in [0.15, 0.2) is 12.4 Å². The van der Waals surface area contributed by atoms with Gasteiger partial charge in [-0.1, -0.05) is 26.0 Å². The lowest BCUT2D eigenvalue weighted by molar-refractivity contribution is -0.118. The predicted molar refractivity (Wildman–Crippen MR) is 98.5 cm³/mol. The number of amides is 1. The van der Waals surface area contributed by atoms with E-state index in [1.807, 2.05) is 18.2 Å². The van der Waals surface area contributed by atoms with Crippen LogP contribution in [0.4, 0.5) is 10.1 Å². The zero-order valence-electron chi connectivity index (χ0n) is 15.3. The van der Waals surface area contributed by atoms with Crippen LogP contribution in [0, 0.1) is 12.7 Å². The molecular formula is C19H20FN5O2. The summed E-state index contributed by atoms with van der Waals surface area (Å²) in [5.74, 6) is 0.585. The summed E-state index contributed by atoms with van der Waals surface area (Å²) < 4.78 is 20.9. The Hall–Kier alpha value is -3.29. The maximum Gasteiger partial charge on any atom is 0.262 e. The monoisotopic (exact) mass is 369 g/mol. The number of aryl methyl sites for hydroxylation is 1. The Balaban J connectivity index is 1.66. The quantitative estimate of drug-likeness (QED) is 0.721. The van der Waals surface area contributed by atoms with Gasteiger partial charge in [-0.3, -0.25) is 4.79 Å². The molecular weight excluding hydrogens is 349 g/mol. The van der Waals surface area contributed by atoms with E-state index in [2.05, 4.69) is 34.7 Å². The van der Waals surface area contributed by atoms with E-state index in [9.17, 15) is 9.18 Å². The maximum atomic E-state index is 14.1. The van der Waals surface area contributed by atoms with Gasteiger partial charge in [-0.25, -0.2) is 4.39 Å². The number of aromatic nitrogens is 4. The van der Waals surface area contributed by atoms with E-state index in [4.69, 9.17) is 4.74 Å². The Bertz CT molecular complexity index is 955. The number of halogens is 1. The van der Waals surface area contributed by atoms with Crippen molar-refractivity contribution in [3.63, 3.8) is 0 Å². The van der Waals surface area contributed by atoms with Crippen LogP contribution in [0.2, 0.25) is 0 Å². The fourth-order valence-corrected chi connectivity index (χ4v) is 2.52. The standard InChI is InChI=1S/C19H20FN5O2/c1-12(2)14-5-4-6-16(9-14)27-11-19(26)21-15-7-8-17(20)18(10-15)25-13(3)22-23-24-25/h4-10,12H,11H2,1-3H3,(H,21,26). The molecule has 0 bridgehead atoms. The van der Waals surface area contributed by atoms with Crippen LogP contribution in [-0.2, 0) is 4.79 Å². The van der Waals surface area contributed by atoms with Crippen molar-refractivity contribution < 1.29 is 13.9 Å². The summed E-state index contributed by atoms with van der Waals surface area (Å²) in [5.41, 5.74) is 1.71. The summed E-state index contributed by atoms with van der Waals surface area (Å²) in [6.45, 7) is 5.68. The highest BCUT2D eigenvalue weighted by atomic mass is 19.1. The van der Waals surface area contributed by atoms with E-state index < -0.39 is 5.82 Å². The van der Waals surface area contributed by atoms with Gasteiger partial charge in [-0.15, -0.1) is 5.10 Å². The van der Waals surface area contributed by atoms with Crippen molar-refractivity contribution in [2.24, 2.45) is 0 Å². The van der Waals surface area contributed by atoms with Gasteiger partial charge in [0.1, 0.15) is 17.3 Å². The topological polar surface area (TPSA) is 81.9 Å². The number of carbonyl (C=O) groups excluding carboxylic acids is 1. The number of anilines is 1. The Kier molecular flexibility index (Phi) is 5.44. The molecule has 1 heterocycles. The highest BCUT2D eigenvalue weighted by Crippen LogP contribution is 2.21. The smallest absolute Gasteiger partial charge is 0.262 e. The lowest BCUT2D eigenvalue weighted by Crippen LogP contribution is -2.20. The average molecular weight is 369 g/mol. The van der Waals surface area contributed by atoms with Gasteiger partial charge >= 0.3 is 0 Å². The van der Waals surface area contributed by atoms with Gasteiger partial charge in [0.2, 0.25) is 0 Å². The lowest BCUT2D eigenvalue weighted by atomic mass is 10.0. The van der Waals surface area contributed by atoms with Crippen LogP contribution < -0.4 is 10.1 Å². The van der Waals surface area contributed by atoms with E-state index in [1.54, 1.807) is 13.0 Å². The van der Waals surface area contributed by atoms with Crippen LogP contribution in [0.3, 0.4) is 0 Å². The van der Waals surface area contributed by atoms with Crippen molar-refractivity contribution >= 4 is 11.6 Å². The summed E-state index contributed by atoms with van der Waals surface area (Å²) in [4.78, 5) is 12.2. The van der Waals surface area contributed by atoms with Gasteiger partial charge < -0.3 is 10.1 Å². The van der Waals surface area contributed by atoms with Crippen molar-refractivity contribution in [1.82, 2.24) is 20.2 Å². The number of nitrogens with one attached hydrogen (secondary N) is 1. The van der Waals surface area contributed by atoms with Crippen LogP contribution in [0.1, 0.15) is 31.2 Å². The molecule has 0 saturated carbocycles. The van der Waals surface area contributed by atoms with Gasteiger partial charge in [-0.2, -0.15) is 4.68 Å². The summed E-state index contributed by atoms with van der Waals surface area (Å²) in [6, 6.07) is 11.8. The third-order valence-electron chi connectivity index (χ3n) is 3.98. The van der Waals surface area contributed by atoms with Crippen molar-refractivity contribution in [2.75, 3.05) is 11.9 Å². The average Bonchev–Trinajstić information content (AvgIpc) is 3.07. The number of benzene rings is 2. The van der Waals surface area contributed by atoms with E-state index in [0.29, 0.717) is 23.2 Å². The molecule has 0 saturated heterocycles.